The van der Waals surface area contributed by atoms with E-state index in [1.165, 1.54) is 4.80 Å². The molecular weight excluding hydrogens is 368 g/mol. The van der Waals surface area contributed by atoms with Crippen molar-refractivity contribution in [1.82, 2.24) is 30.0 Å². The molecule has 27 heavy (non-hydrogen) atoms. The fourth-order valence-electron chi connectivity index (χ4n) is 4.08. The molecule has 3 atom stereocenters. The number of hydrogen-bond donors (Lipinski definition) is 0. The van der Waals surface area contributed by atoms with Crippen LogP contribution in [0, 0.1) is 5.92 Å². The average Bonchev–Trinajstić information content (AvgIpc) is 3.31. The van der Waals surface area contributed by atoms with Gasteiger partial charge in [0.05, 0.1) is 18.1 Å². The minimum Gasteiger partial charge on any atom is -0.337 e. The first-order valence-corrected chi connectivity index (χ1v) is 10.5. The number of nitrogens with zero attached hydrogens (tertiary/aromatic N) is 6. The zero-order valence-corrected chi connectivity index (χ0v) is 16.3. The molecule has 1 aromatic carbocycles. The molecule has 2 aliphatic heterocycles. The predicted molar refractivity (Wildman–Crippen MR) is 98.7 cm³/mol. The Morgan fingerprint density at radius 3 is 2.48 bits per heavy atom. The van der Waals surface area contributed by atoms with E-state index >= 15 is 0 Å². The third kappa shape index (κ3) is 3.12. The average molecular weight is 390 g/mol. The van der Waals surface area contributed by atoms with Crippen molar-refractivity contribution in [2.45, 2.75) is 11.3 Å². The first-order chi connectivity index (χ1) is 12.8. The van der Waals surface area contributed by atoms with Crippen LogP contribution in [0.25, 0.3) is 11.4 Å². The number of sulfone groups is 1. The topological polar surface area (TPSA) is 101 Å². The molecule has 2 aliphatic rings. The number of fused-ring (bicyclic) bond motifs is 1. The molecule has 0 aliphatic carbocycles. The van der Waals surface area contributed by atoms with Crippen molar-refractivity contribution in [3.05, 3.63) is 29.8 Å². The molecule has 3 heterocycles. The second-order valence-electron chi connectivity index (χ2n) is 7.45. The maximum Gasteiger partial charge on any atom is 0.253 e. The summed E-state index contributed by atoms with van der Waals surface area (Å²) < 4.78 is 25.0. The number of aryl methyl sites for hydroxylation is 1. The van der Waals surface area contributed by atoms with Crippen LogP contribution in [-0.2, 0) is 16.9 Å². The lowest BCUT2D eigenvalue weighted by Gasteiger charge is -2.25. The highest BCUT2D eigenvalue weighted by molar-refractivity contribution is 7.92. The summed E-state index contributed by atoms with van der Waals surface area (Å²) in [5, 5.41) is 11.4. The fourth-order valence-corrected chi connectivity index (χ4v) is 6.55. The van der Waals surface area contributed by atoms with E-state index in [2.05, 4.69) is 15.4 Å². The summed E-state index contributed by atoms with van der Waals surface area (Å²) in [6.07, 6.45) is 0. The zero-order chi connectivity index (χ0) is 19.3. The first kappa shape index (κ1) is 18.1. The molecule has 10 heteroatoms. The van der Waals surface area contributed by atoms with Crippen molar-refractivity contribution in [2.75, 3.05) is 32.9 Å². The SMILES string of the molecule is CN(C)[C@@H]1CS(=O)(=O)[C@H]2CN(C(=O)c3ccc(-c4nnn(C)n4)cc3)C[C@@H]12. The molecule has 0 bridgehead atoms. The van der Waals surface area contributed by atoms with Crippen LogP contribution < -0.4 is 0 Å². The van der Waals surface area contributed by atoms with Gasteiger partial charge in [0, 0.05) is 36.2 Å². The number of carbonyl (C=O) groups is 1. The van der Waals surface area contributed by atoms with E-state index in [9.17, 15) is 13.2 Å². The standard InChI is InChI=1S/C17H22N6O3S/c1-21(2)14-10-27(25,26)15-9-23(8-13(14)15)17(24)12-6-4-11(5-7-12)16-18-20-22(3)19-16/h4-7,13-15H,8-10H2,1-3H3/t13-,14+,15-/m0/s1. The van der Waals surface area contributed by atoms with Gasteiger partial charge >= 0.3 is 0 Å². The summed E-state index contributed by atoms with van der Waals surface area (Å²) >= 11 is 0. The summed E-state index contributed by atoms with van der Waals surface area (Å²) in [5.74, 6) is 0.497. The Labute approximate surface area is 157 Å². The highest BCUT2D eigenvalue weighted by Crippen LogP contribution is 2.36. The van der Waals surface area contributed by atoms with Crippen LogP contribution >= 0.6 is 0 Å². The minimum atomic E-state index is -3.17. The van der Waals surface area contributed by atoms with E-state index in [0.29, 0.717) is 17.9 Å². The highest BCUT2D eigenvalue weighted by Gasteiger charge is 2.53. The molecule has 0 N–H and O–H groups in total. The van der Waals surface area contributed by atoms with E-state index in [4.69, 9.17) is 0 Å². The van der Waals surface area contributed by atoms with E-state index in [1.54, 1.807) is 36.2 Å². The van der Waals surface area contributed by atoms with Gasteiger partial charge in [-0.25, -0.2) is 8.42 Å². The van der Waals surface area contributed by atoms with Crippen LogP contribution in [0.4, 0.5) is 0 Å². The van der Waals surface area contributed by atoms with Crippen LogP contribution in [0.3, 0.4) is 0 Å². The largest absolute Gasteiger partial charge is 0.337 e. The van der Waals surface area contributed by atoms with Crippen molar-refractivity contribution >= 4 is 15.7 Å². The summed E-state index contributed by atoms with van der Waals surface area (Å²) in [4.78, 5) is 17.9. The van der Waals surface area contributed by atoms with E-state index < -0.39 is 15.1 Å². The highest BCUT2D eigenvalue weighted by atomic mass is 32.2. The Kier molecular flexibility index (Phi) is 4.26. The third-order valence-corrected chi connectivity index (χ3v) is 7.74. The fraction of sp³-hybridized carbons (Fsp3) is 0.529. The summed E-state index contributed by atoms with van der Waals surface area (Å²) in [6, 6.07) is 6.96. The Morgan fingerprint density at radius 2 is 1.89 bits per heavy atom. The molecule has 1 aromatic heterocycles. The van der Waals surface area contributed by atoms with Gasteiger partial charge in [0.1, 0.15) is 0 Å². The summed E-state index contributed by atoms with van der Waals surface area (Å²) in [6.45, 7) is 0.739. The number of tetrazole rings is 1. The number of likely N-dealkylation sites (tertiary alicyclic amines) is 1. The molecule has 0 radical (unpaired) electrons. The van der Waals surface area contributed by atoms with E-state index in [-0.39, 0.29) is 30.2 Å². The van der Waals surface area contributed by atoms with E-state index in [1.807, 2.05) is 19.0 Å². The van der Waals surface area contributed by atoms with Gasteiger partial charge in [0.15, 0.2) is 9.84 Å². The lowest BCUT2D eigenvalue weighted by atomic mass is 10.00. The molecule has 0 spiro atoms. The predicted octanol–water partition coefficient (Wildman–Crippen LogP) is -0.324. The Hall–Kier alpha value is -2.33. The third-order valence-electron chi connectivity index (χ3n) is 5.52. The normalized spacial score (nSPS) is 26.5. The number of amides is 1. The Bertz CT molecular complexity index is 969. The number of benzene rings is 1. The van der Waals surface area contributed by atoms with Crippen molar-refractivity contribution in [1.29, 1.82) is 0 Å². The Balaban J connectivity index is 1.52. The lowest BCUT2D eigenvalue weighted by Crippen LogP contribution is -2.38. The first-order valence-electron chi connectivity index (χ1n) is 8.78. The van der Waals surface area contributed by atoms with Gasteiger partial charge < -0.3 is 9.80 Å². The number of carbonyl (C=O) groups excluding carboxylic acids is 1. The van der Waals surface area contributed by atoms with Gasteiger partial charge in [-0.2, -0.15) is 4.80 Å². The van der Waals surface area contributed by atoms with Crippen LogP contribution in [0.15, 0.2) is 24.3 Å². The monoisotopic (exact) mass is 390 g/mol. The van der Waals surface area contributed by atoms with Crippen molar-refractivity contribution < 1.29 is 13.2 Å². The summed E-state index contributed by atoms with van der Waals surface area (Å²) in [7, 11) is 2.31. The minimum absolute atomic E-state index is 0.0305. The molecule has 9 nitrogen and oxygen atoms in total. The van der Waals surface area contributed by atoms with Crippen molar-refractivity contribution in [2.24, 2.45) is 13.0 Å². The molecule has 2 fully saturated rings. The molecular formula is C17H22N6O3S. The van der Waals surface area contributed by atoms with Gasteiger partial charge in [-0.05, 0) is 31.4 Å². The van der Waals surface area contributed by atoms with Crippen LogP contribution in [-0.4, -0.2) is 88.6 Å². The molecule has 1 amide bonds. The molecule has 2 saturated heterocycles. The van der Waals surface area contributed by atoms with Crippen molar-refractivity contribution in [3.8, 4) is 11.4 Å². The van der Waals surface area contributed by atoms with Gasteiger partial charge in [-0.15, -0.1) is 10.2 Å². The van der Waals surface area contributed by atoms with Gasteiger partial charge in [-0.3, -0.25) is 4.79 Å². The zero-order valence-electron chi connectivity index (χ0n) is 15.5. The summed E-state index contributed by atoms with van der Waals surface area (Å²) in [5.41, 5.74) is 1.30. The quantitative estimate of drug-likeness (QED) is 0.708. The maximum absolute atomic E-state index is 12.9. The van der Waals surface area contributed by atoms with Crippen LogP contribution in [0.1, 0.15) is 10.4 Å². The molecule has 144 valence electrons. The Morgan fingerprint density at radius 1 is 1.19 bits per heavy atom. The van der Waals surface area contributed by atoms with Gasteiger partial charge in [0.2, 0.25) is 5.82 Å². The van der Waals surface area contributed by atoms with Crippen LogP contribution in [0.5, 0.6) is 0 Å². The number of aromatic nitrogens is 4. The molecule has 0 unspecified atom stereocenters. The molecule has 2 aromatic rings. The molecule has 0 saturated carbocycles. The second-order valence-corrected chi connectivity index (χ2v) is 9.72. The number of rotatable bonds is 3. The van der Waals surface area contributed by atoms with Crippen LogP contribution in [0.2, 0.25) is 0 Å². The molecule has 4 rings (SSSR count). The second kappa shape index (κ2) is 6.38. The number of hydrogen-bond acceptors (Lipinski definition) is 7. The van der Waals surface area contributed by atoms with Gasteiger partial charge in [-0.1, -0.05) is 12.1 Å². The maximum atomic E-state index is 12.9. The lowest BCUT2D eigenvalue weighted by molar-refractivity contribution is 0.0779. The van der Waals surface area contributed by atoms with Crippen molar-refractivity contribution in [3.63, 3.8) is 0 Å². The van der Waals surface area contributed by atoms with E-state index in [0.717, 1.165) is 5.56 Å². The smallest absolute Gasteiger partial charge is 0.253 e. The van der Waals surface area contributed by atoms with Gasteiger partial charge in [0.25, 0.3) is 5.91 Å².